The van der Waals surface area contributed by atoms with Crippen molar-refractivity contribution in [2.45, 2.75) is 24.1 Å². The molecule has 1 amide bonds. The van der Waals surface area contributed by atoms with Crippen LogP contribution in [0.4, 0.5) is 0 Å². The van der Waals surface area contributed by atoms with Gasteiger partial charge >= 0.3 is 0 Å². The van der Waals surface area contributed by atoms with Gasteiger partial charge in [-0.15, -0.1) is 0 Å². The molecule has 3 unspecified atom stereocenters. The Hall–Kier alpha value is -1.03. The molecule has 2 aliphatic carbocycles. The van der Waals surface area contributed by atoms with Crippen molar-refractivity contribution in [3.05, 3.63) is 29.3 Å². The van der Waals surface area contributed by atoms with Crippen molar-refractivity contribution in [1.82, 2.24) is 5.32 Å². The zero-order valence-electron chi connectivity index (χ0n) is 11.3. The van der Waals surface area contributed by atoms with Crippen molar-refractivity contribution in [2.75, 3.05) is 13.2 Å². The Kier molecular flexibility index (Phi) is 3.02. The molecule has 2 saturated carbocycles. The highest BCUT2D eigenvalue weighted by atomic mass is 79.9. The zero-order chi connectivity index (χ0) is 13.7. The topological polar surface area (TPSA) is 38.3 Å². The van der Waals surface area contributed by atoms with E-state index in [0.717, 1.165) is 17.8 Å². The molecule has 3 nitrogen and oxygen atoms in total. The van der Waals surface area contributed by atoms with E-state index in [-0.39, 0.29) is 5.91 Å². The Labute approximate surface area is 127 Å². The lowest BCUT2D eigenvalue weighted by Gasteiger charge is -2.14. The monoisotopic (exact) mass is 335 g/mol. The van der Waals surface area contributed by atoms with Crippen LogP contribution in [0.25, 0.3) is 0 Å². The van der Waals surface area contributed by atoms with Crippen molar-refractivity contribution in [2.24, 2.45) is 17.8 Å². The lowest BCUT2D eigenvalue weighted by atomic mass is 10.00. The molecule has 4 rings (SSSR count). The van der Waals surface area contributed by atoms with Crippen molar-refractivity contribution in [3.63, 3.8) is 0 Å². The summed E-state index contributed by atoms with van der Waals surface area (Å²) in [6, 6.07) is 6.05. The third-order valence-electron chi connectivity index (χ3n) is 5.02. The number of rotatable bonds is 2. The van der Waals surface area contributed by atoms with Crippen molar-refractivity contribution >= 4 is 21.8 Å². The van der Waals surface area contributed by atoms with Gasteiger partial charge in [0.25, 0.3) is 5.91 Å². The van der Waals surface area contributed by atoms with Crippen molar-refractivity contribution < 1.29 is 9.53 Å². The summed E-state index contributed by atoms with van der Waals surface area (Å²) in [5.41, 5.74) is 1.89. The number of halogens is 1. The Balaban J connectivity index is 1.61. The molecular weight excluding hydrogens is 318 g/mol. The molecule has 0 radical (unpaired) electrons. The summed E-state index contributed by atoms with van der Waals surface area (Å²) in [6.07, 6.45) is 4.16. The predicted molar refractivity (Wildman–Crippen MR) is 80.3 cm³/mol. The third kappa shape index (κ3) is 1.96. The molecule has 3 aliphatic rings. The Morgan fingerprint density at radius 1 is 1.30 bits per heavy atom. The maximum atomic E-state index is 12.1. The van der Waals surface area contributed by atoms with Gasteiger partial charge in [0.2, 0.25) is 0 Å². The van der Waals surface area contributed by atoms with Gasteiger partial charge in [0.1, 0.15) is 12.4 Å². The summed E-state index contributed by atoms with van der Waals surface area (Å²) >= 11 is 3.86. The molecule has 0 saturated heterocycles. The van der Waals surface area contributed by atoms with Gasteiger partial charge in [-0.3, -0.25) is 4.79 Å². The first-order valence-electron chi connectivity index (χ1n) is 7.45. The lowest BCUT2D eigenvalue weighted by molar-refractivity contribution is 0.0957. The average Bonchev–Trinajstić information content (AvgIpc) is 3.02. The number of nitrogens with one attached hydrogen (secondary N) is 1. The highest BCUT2D eigenvalue weighted by Gasteiger charge is 2.55. The van der Waals surface area contributed by atoms with Crippen LogP contribution in [0.15, 0.2) is 18.2 Å². The van der Waals surface area contributed by atoms with E-state index in [4.69, 9.17) is 4.74 Å². The number of benzene rings is 1. The SMILES string of the molecule is O=C1NCCOc2ccc(C(Br)C3C4CCCC43)cc21. The molecule has 20 heavy (non-hydrogen) atoms. The van der Waals surface area contributed by atoms with E-state index >= 15 is 0 Å². The fourth-order valence-electron chi connectivity index (χ4n) is 3.98. The van der Waals surface area contributed by atoms with Crippen LogP contribution in [-0.2, 0) is 0 Å². The van der Waals surface area contributed by atoms with Crippen molar-refractivity contribution in [3.8, 4) is 5.75 Å². The second-order valence-electron chi connectivity index (χ2n) is 6.10. The zero-order valence-corrected chi connectivity index (χ0v) is 12.9. The molecule has 2 fully saturated rings. The third-order valence-corrected chi connectivity index (χ3v) is 6.16. The first-order valence-corrected chi connectivity index (χ1v) is 8.36. The van der Waals surface area contributed by atoms with E-state index in [1.54, 1.807) is 0 Å². The lowest BCUT2D eigenvalue weighted by Crippen LogP contribution is -2.24. The smallest absolute Gasteiger partial charge is 0.255 e. The summed E-state index contributed by atoms with van der Waals surface area (Å²) in [5.74, 6) is 3.26. The maximum absolute atomic E-state index is 12.1. The number of alkyl halides is 1. The van der Waals surface area contributed by atoms with Crippen LogP contribution in [0.2, 0.25) is 0 Å². The van der Waals surface area contributed by atoms with Gasteiger partial charge in [-0.05, 0) is 48.3 Å². The normalized spacial score (nSPS) is 32.5. The molecule has 0 aromatic heterocycles. The summed E-state index contributed by atoms with van der Waals surface area (Å²) in [5, 5.41) is 2.87. The highest BCUT2D eigenvalue weighted by Crippen LogP contribution is 2.64. The van der Waals surface area contributed by atoms with E-state index < -0.39 is 0 Å². The van der Waals surface area contributed by atoms with Crippen LogP contribution in [0, 0.1) is 17.8 Å². The Morgan fingerprint density at radius 3 is 2.90 bits per heavy atom. The van der Waals surface area contributed by atoms with Gasteiger partial charge in [-0.2, -0.15) is 0 Å². The van der Waals surface area contributed by atoms with E-state index in [1.165, 1.54) is 24.8 Å². The number of amides is 1. The molecule has 4 heteroatoms. The Bertz CT molecular complexity index is 549. The van der Waals surface area contributed by atoms with Gasteiger partial charge in [-0.25, -0.2) is 0 Å². The highest BCUT2D eigenvalue weighted by molar-refractivity contribution is 9.09. The fraction of sp³-hybridized carbons (Fsp3) is 0.562. The first-order chi connectivity index (χ1) is 9.75. The van der Waals surface area contributed by atoms with Crippen LogP contribution < -0.4 is 10.1 Å². The second-order valence-corrected chi connectivity index (χ2v) is 7.08. The van der Waals surface area contributed by atoms with E-state index in [9.17, 15) is 4.79 Å². The van der Waals surface area contributed by atoms with E-state index in [2.05, 4.69) is 27.3 Å². The summed E-state index contributed by atoms with van der Waals surface area (Å²) in [6.45, 7) is 1.12. The van der Waals surface area contributed by atoms with Gasteiger partial charge in [0.05, 0.1) is 12.1 Å². The fourth-order valence-corrected chi connectivity index (χ4v) is 5.05. The second kappa shape index (κ2) is 4.76. The van der Waals surface area contributed by atoms with Gasteiger partial charge in [0, 0.05) is 4.83 Å². The van der Waals surface area contributed by atoms with Crippen LogP contribution in [0.3, 0.4) is 0 Å². The Morgan fingerprint density at radius 2 is 2.10 bits per heavy atom. The maximum Gasteiger partial charge on any atom is 0.255 e. The van der Waals surface area contributed by atoms with E-state index in [0.29, 0.717) is 29.3 Å². The predicted octanol–water partition coefficient (Wildman–Crippen LogP) is 3.29. The van der Waals surface area contributed by atoms with Crippen LogP contribution in [-0.4, -0.2) is 19.1 Å². The number of ether oxygens (including phenoxy) is 1. The standard InChI is InChI=1S/C16H18BrNO2/c17-15(14-10-2-1-3-11(10)14)9-4-5-13-12(8-9)16(19)18-6-7-20-13/h4-5,8,10-11,14-15H,1-3,6-7H2,(H,18,19). The first kappa shape index (κ1) is 12.7. The number of carbonyl (C=O) groups excluding carboxylic acids is 1. The van der Waals surface area contributed by atoms with Gasteiger partial charge in [-0.1, -0.05) is 28.4 Å². The molecule has 1 aromatic rings. The minimum absolute atomic E-state index is 0.0185. The number of hydrogen-bond donors (Lipinski definition) is 1. The summed E-state index contributed by atoms with van der Waals surface area (Å²) < 4.78 is 5.61. The van der Waals surface area contributed by atoms with Crippen LogP contribution in [0.5, 0.6) is 5.75 Å². The molecule has 1 N–H and O–H groups in total. The minimum Gasteiger partial charge on any atom is -0.491 e. The molecule has 1 aliphatic heterocycles. The number of hydrogen-bond acceptors (Lipinski definition) is 2. The van der Waals surface area contributed by atoms with Crippen molar-refractivity contribution in [1.29, 1.82) is 0 Å². The quantitative estimate of drug-likeness (QED) is 0.842. The molecule has 1 aromatic carbocycles. The van der Waals surface area contributed by atoms with Gasteiger partial charge < -0.3 is 10.1 Å². The minimum atomic E-state index is -0.0185. The molecule has 0 spiro atoms. The van der Waals surface area contributed by atoms with E-state index in [1.807, 2.05) is 12.1 Å². The molecule has 1 heterocycles. The summed E-state index contributed by atoms with van der Waals surface area (Å²) in [4.78, 5) is 12.4. The van der Waals surface area contributed by atoms with Crippen LogP contribution >= 0.6 is 15.9 Å². The van der Waals surface area contributed by atoms with Gasteiger partial charge in [0.15, 0.2) is 0 Å². The summed E-state index contributed by atoms with van der Waals surface area (Å²) in [7, 11) is 0. The molecule has 0 bridgehead atoms. The number of carbonyl (C=O) groups is 1. The molecule has 106 valence electrons. The van der Waals surface area contributed by atoms with Crippen LogP contribution in [0.1, 0.15) is 40.0 Å². The molecular formula is C16H18BrNO2. The number of fused-ring (bicyclic) bond motifs is 2. The largest absolute Gasteiger partial charge is 0.491 e. The average molecular weight is 336 g/mol. The molecule has 3 atom stereocenters.